The molecule has 0 saturated carbocycles. The summed E-state index contributed by atoms with van der Waals surface area (Å²) in [5, 5.41) is 11.1. The van der Waals surface area contributed by atoms with E-state index in [-0.39, 0.29) is 17.9 Å². The first-order valence-corrected chi connectivity index (χ1v) is 10.1. The van der Waals surface area contributed by atoms with Crippen molar-refractivity contribution in [3.8, 4) is 5.75 Å². The number of benzene rings is 2. The van der Waals surface area contributed by atoms with Crippen LogP contribution in [0.15, 0.2) is 84.7 Å². The van der Waals surface area contributed by atoms with Crippen LogP contribution >= 0.6 is 0 Å². The number of amides is 1. The molecule has 2 aromatic carbocycles. The van der Waals surface area contributed by atoms with Gasteiger partial charge in [-0.15, -0.1) is 0 Å². The van der Waals surface area contributed by atoms with E-state index >= 15 is 0 Å². The SMILES string of the molecule is CCOc1cccc(C(O)=C2C(=O)C(=O)N(Cc3ccccc3)C2c2cccnc2)c1. The molecule has 1 unspecified atom stereocenters. The zero-order chi connectivity index (χ0) is 21.8. The van der Waals surface area contributed by atoms with Crippen molar-refractivity contribution in [2.45, 2.75) is 19.5 Å². The molecule has 156 valence electrons. The second-order valence-corrected chi connectivity index (χ2v) is 7.16. The second kappa shape index (κ2) is 8.83. The molecule has 4 rings (SSSR count). The lowest BCUT2D eigenvalue weighted by atomic mass is 9.96. The van der Waals surface area contributed by atoms with Gasteiger partial charge in [0.25, 0.3) is 11.7 Å². The smallest absolute Gasteiger partial charge is 0.295 e. The first kappa shape index (κ1) is 20.3. The molecule has 1 N–H and O–H groups in total. The molecule has 1 aromatic heterocycles. The topological polar surface area (TPSA) is 79.7 Å². The van der Waals surface area contributed by atoms with E-state index in [0.717, 1.165) is 5.56 Å². The quantitative estimate of drug-likeness (QED) is 0.373. The third kappa shape index (κ3) is 4.05. The number of pyridine rings is 1. The standard InChI is InChI=1S/C25H22N2O4/c1-2-31-20-12-6-10-18(14-20)23(28)21-22(19-11-7-13-26-15-19)27(25(30)24(21)29)16-17-8-4-3-5-9-17/h3-15,22,28H,2,16H2,1H3. The first-order valence-electron chi connectivity index (χ1n) is 10.1. The number of aromatic nitrogens is 1. The van der Waals surface area contributed by atoms with Crippen LogP contribution in [-0.4, -0.2) is 33.3 Å². The van der Waals surface area contributed by atoms with Crippen molar-refractivity contribution in [1.29, 1.82) is 0 Å². The van der Waals surface area contributed by atoms with Gasteiger partial charge in [-0.1, -0.05) is 48.5 Å². The summed E-state index contributed by atoms with van der Waals surface area (Å²) >= 11 is 0. The lowest BCUT2D eigenvalue weighted by Gasteiger charge is -2.25. The third-order valence-corrected chi connectivity index (χ3v) is 5.15. The number of rotatable bonds is 6. The molecule has 31 heavy (non-hydrogen) atoms. The number of hydrogen-bond acceptors (Lipinski definition) is 5. The van der Waals surface area contributed by atoms with Gasteiger partial charge in [-0.05, 0) is 36.2 Å². The fraction of sp³-hybridized carbons (Fsp3) is 0.160. The molecule has 6 nitrogen and oxygen atoms in total. The summed E-state index contributed by atoms with van der Waals surface area (Å²) in [6, 6.07) is 19.1. The summed E-state index contributed by atoms with van der Waals surface area (Å²) in [6.07, 6.45) is 3.23. The summed E-state index contributed by atoms with van der Waals surface area (Å²) in [5.74, 6) is -1.03. The molecular formula is C25H22N2O4. The van der Waals surface area contributed by atoms with Crippen LogP contribution in [0.5, 0.6) is 5.75 Å². The maximum Gasteiger partial charge on any atom is 0.295 e. The molecule has 1 aliphatic rings. The van der Waals surface area contributed by atoms with E-state index in [1.165, 1.54) is 4.90 Å². The molecule has 1 fully saturated rings. The molecule has 1 aliphatic heterocycles. The molecular weight excluding hydrogens is 392 g/mol. The number of carbonyl (C=O) groups excluding carboxylic acids is 2. The molecule has 0 aliphatic carbocycles. The number of aliphatic hydroxyl groups is 1. The zero-order valence-electron chi connectivity index (χ0n) is 17.1. The Labute approximate surface area is 180 Å². The fourth-order valence-corrected chi connectivity index (χ4v) is 3.76. The normalized spacial score (nSPS) is 17.7. The van der Waals surface area contributed by atoms with E-state index in [2.05, 4.69) is 4.98 Å². The molecule has 6 heteroatoms. The van der Waals surface area contributed by atoms with E-state index in [1.807, 2.05) is 37.3 Å². The number of ether oxygens (including phenoxy) is 1. The fourth-order valence-electron chi connectivity index (χ4n) is 3.76. The van der Waals surface area contributed by atoms with Gasteiger partial charge < -0.3 is 14.7 Å². The number of aliphatic hydroxyl groups excluding tert-OH is 1. The van der Waals surface area contributed by atoms with Crippen molar-refractivity contribution in [3.05, 3.63) is 101 Å². The monoisotopic (exact) mass is 414 g/mol. The highest BCUT2D eigenvalue weighted by molar-refractivity contribution is 6.46. The van der Waals surface area contributed by atoms with E-state index in [0.29, 0.717) is 23.5 Å². The minimum Gasteiger partial charge on any atom is -0.507 e. The molecule has 0 bridgehead atoms. The Morgan fingerprint density at radius 2 is 1.87 bits per heavy atom. The number of nitrogens with zero attached hydrogens (tertiary/aromatic N) is 2. The minimum absolute atomic E-state index is 0.0441. The predicted molar refractivity (Wildman–Crippen MR) is 116 cm³/mol. The molecule has 1 atom stereocenters. The predicted octanol–water partition coefficient (Wildman–Crippen LogP) is 4.10. The lowest BCUT2D eigenvalue weighted by molar-refractivity contribution is -0.140. The molecule has 1 amide bonds. The van der Waals surface area contributed by atoms with Crippen LogP contribution in [0.1, 0.15) is 29.7 Å². The number of hydrogen-bond donors (Lipinski definition) is 1. The summed E-state index contributed by atoms with van der Waals surface area (Å²) in [5.41, 5.74) is 2.00. The van der Waals surface area contributed by atoms with Crippen LogP contribution in [0.25, 0.3) is 5.76 Å². The van der Waals surface area contributed by atoms with Crippen molar-refractivity contribution >= 4 is 17.4 Å². The van der Waals surface area contributed by atoms with Gasteiger partial charge in [0.2, 0.25) is 0 Å². The first-order chi connectivity index (χ1) is 15.1. The maximum atomic E-state index is 13.1. The molecule has 0 radical (unpaired) electrons. The van der Waals surface area contributed by atoms with Crippen LogP contribution in [0.3, 0.4) is 0 Å². The van der Waals surface area contributed by atoms with Gasteiger partial charge in [0.15, 0.2) is 0 Å². The number of ketones is 1. The zero-order valence-corrected chi connectivity index (χ0v) is 17.1. The number of Topliss-reactive ketones (excluding diaryl/α,β-unsaturated/α-hetero) is 1. The van der Waals surface area contributed by atoms with Crippen molar-refractivity contribution in [2.75, 3.05) is 6.61 Å². The van der Waals surface area contributed by atoms with Gasteiger partial charge in [0, 0.05) is 24.5 Å². The van der Waals surface area contributed by atoms with Crippen molar-refractivity contribution in [1.82, 2.24) is 9.88 Å². The molecule has 3 aromatic rings. The Kier molecular flexibility index (Phi) is 5.80. The van der Waals surface area contributed by atoms with Crippen LogP contribution in [0, 0.1) is 0 Å². The second-order valence-electron chi connectivity index (χ2n) is 7.16. The molecule has 2 heterocycles. The van der Waals surface area contributed by atoms with E-state index < -0.39 is 17.7 Å². The lowest BCUT2D eigenvalue weighted by Crippen LogP contribution is -2.29. The van der Waals surface area contributed by atoms with Crippen LogP contribution in [-0.2, 0) is 16.1 Å². The Morgan fingerprint density at radius 1 is 1.06 bits per heavy atom. The van der Waals surface area contributed by atoms with Crippen molar-refractivity contribution in [3.63, 3.8) is 0 Å². The molecule has 0 spiro atoms. The summed E-state index contributed by atoms with van der Waals surface area (Å²) in [6.45, 7) is 2.58. The maximum absolute atomic E-state index is 13.1. The van der Waals surface area contributed by atoms with Crippen molar-refractivity contribution < 1.29 is 19.4 Å². The van der Waals surface area contributed by atoms with Crippen LogP contribution < -0.4 is 4.74 Å². The highest BCUT2D eigenvalue weighted by Gasteiger charge is 2.46. The summed E-state index contributed by atoms with van der Waals surface area (Å²) in [4.78, 5) is 31.7. The van der Waals surface area contributed by atoms with E-state index in [4.69, 9.17) is 4.74 Å². The summed E-state index contributed by atoms with van der Waals surface area (Å²) in [7, 11) is 0. The number of likely N-dealkylation sites (tertiary alicyclic amines) is 1. The molecule has 1 saturated heterocycles. The average Bonchev–Trinajstić information content (AvgIpc) is 3.05. The van der Waals surface area contributed by atoms with Crippen LogP contribution in [0.4, 0.5) is 0 Å². The van der Waals surface area contributed by atoms with Gasteiger partial charge in [0.05, 0.1) is 18.2 Å². The Hall–Kier alpha value is -3.93. The van der Waals surface area contributed by atoms with Gasteiger partial charge in [-0.3, -0.25) is 14.6 Å². The average molecular weight is 414 g/mol. The Morgan fingerprint density at radius 3 is 2.58 bits per heavy atom. The van der Waals surface area contributed by atoms with E-state index in [1.54, 1.807) is 48.8 Å². The largest absolute Gasteiger partial charge is 0.507 e. The van der Waals surface area contributed by atoms with Gasteiger partial charge in [0.1, 0.15) is 11.5 Å². The Balaban J connectivity index is 1.83. The third-order valence-electron chi connectivity index (χ3n) is 5.15. The van der Waals surface area contributed by atoms with Crippen LogP contribution in [0.2, 0.25) is 0 Å². The number of carbonyl (C=O) groups is 2. The Bertz CT molecular complexity index is 1130. The van der Waals surface area contributed by atoms with Gasteiger partial charge >= 0.3 is 0 Å². The summed E-state index contributed by atoms with van der Waals surface area (Å²) < 4.78 is 5.51. The minimum atomic E-state index is -0.746. The van der Waals surface area contributed by atoms with Gasteiger partial charge in [-0.25, -0.2) is 0 Å². The van der Waals surface area contributed by atoms with Crippen molar-refractivity contribution in [2.24, 2.45) is 0 Å². The highest BCUT2D eigenvalue weighted by atomic mass is 16.5. The highest BCUT2D eigenvalue weighted by Crippen LogP contribution is 2.40. The van der Waals surface area contributed by atoms with Gasteiger partial charge in [-0.2, -0.15) is 0 Å². The van der Waals surface area contributed by atoms with E-state index in [9.17, 15) is 14.7 Å².